The third-order valence-electron chi connectivity index (χ3n) is 3.62. The van der Waals surface area contributed by atoms with Crippen LogP contribution in [0.3, 0.4) is 0 Å². The summed E-state index contributed by atoms with van der Waals surface area (Å²) in [5, 5.41) is 0. The number of benzene rings is 1. The fourth-order valence-electron chi connectivity index (χ4n) is 2.23. The molecule has 0 spiro atoms. The van der Waals surface area contributed by atoms with Crippen molar-refractivity contribution in [2.24, 2.45) is 5.41 Å². The Kier molecular flexibility index (Phi) is 6.54. The normalized spacial score (nSPS) is 24.4. The second-order valence-electron chi connectivity index (χ2n) is 6.76. The van der Waals surface area contributed by atoms with Gasteiger partial charge in [-0.05, 0) is 20.8 Å². The Morgan fingerprint density at radius 2 is 2.04 bits per heavy atom. The van der Waals surface area contributed by atoms with Gasteiger partial charge >= 0.3 is 5.97 Å². The van der Waals surface area contributed by atoms with E-state index in [1.807, 2.05) is 51.1 Å². The van der Waals surface area contributed by atoms with E-state index >= 15 is 0 Å². The van der Waals surface area contributed by atoms with Gasteiger partial charge in [-0.1, -0.05) is 36.4 Å². The lowest BCUT2D eigenvalue weighted by molar-refractivity contribution is -0.272. The molecular formula is C19H26O5. The second-order valence-corrected chi connectivity index (χ2v) is 6.76. The predicted octanol–water partition coefficient (Wildman–Crippen LogP) is 3.26. The van der Waals surface area contributed by atoms with Crippen molar-refractivity contribution in [3.63, 3.8) is 0 Å². The molecule has 1 aliphatic heterocycles. The first-order valence-corrected chi connectivity index (χ1v) is 8.13. The van der Waals surface area contributed by atoms with Crippen LogP contribution in [0, 0.1) is 5.41 Å². The lowest BCUT2D eigenvalue weighted by Crippen LogP contribution is -2.45. The molecule has 24 heavy (non-hydrogen) atoms. The highest BCUT2D eigenvalue weighted by molar-refractivity contribution is 5.75. The Labute approximate surface area is 143 Å². The molecule has 0 radical (unpaired) electrons. The molecule has 1 aromatic carbocycles. The number of rotatable bonds is 6. The lowest BCUT2D eigenvalue weighted by Gasteiger charge is -2.36. The molecule has 2 rings (SSSR count). The van der Waals surface area contributed by atoms with Crippen LogP contribution in [-0.4, -0.2) is 38.0 Å². The van der Waals surface area contributed by atoms with Crippen LogP contribution in [0.25, 0.3) is 0 Å². The van der Waals surface area contributed by atoms with E-state index < -0.39 is 17.8 Å². The van der Waals surface area contributed by atoms with Gasteiger partial charge in [0.2, 0.25) is 0 Å². The average Bonchev–Trinajstić information content (AvgIpc) is 2.58. The number of hydrogen-bond donors (Lipinski definition) is 0. The van der Waals surface area contributed by atoms with Crippen molar-refractivity contribution in [3.8, 4) is 0 Å². The quantitative estimate of drug-likeness (QED) is 0.590. The number of hydrogen-bond acceptors (Lipinski definition) is 5. The molecule has 0 aliphatic carbocycles. The van der Waals surface area contributed by atoms with Crippen molar-refractivity contribution in [2.75, 3.05) is 19.8 Å². The van der Waals surface area contributed by atoms with Gasteiger partial charge < -0.3 is 18.9 Å². The Morgan fingerprint density at radius 3 is 2.67 bits per heavy atom. The standard InChI is InChI=1S/C19H26O5/c1-5-11-21-15-12-22-17(14-9-7-6-8-10-14)24-16(15)13-23-18(20)19(2,3)4/h5-10,15-17H,1,11-13H2,2-4H3/t15-,16+,17?/m1/s1. The third kappa shape index (κ3) is 5.16. The monoisotopic (exact) mass is 334 g/mol. The van der Waals surface area contributed by atoms with Gasteiger partial charge in [0.1, 0.15) is 18.8 Å². The van der Waals surface area contributed by atoms with Gasteiger partial charge in [0.15, 0.2) is 6.29 Å². The maximum atomic E-state index is 12.0. The highest BCUT2D eigenvalue weighted by atomic mass is 16.7. The van der Waals surface area contributed by atoms with Crippen molar-refractivity contribution >= 4 is 5.97 Å². The van der Waals surface area contributed by atoms with Crippen molar-refractivity contribution < 1.29 is 23.7 Å². The SMILES string of the molecule is C=CCO[C@@H]1COC(c2ccccc2)O[C@H]1COC(=O)C(C)(C)C. The summed E-state index contributed by atoms with van der Waals surface area (Å²) >= 11 is 0. The summed E-state index contributed by atoms with van der Waals surface area (Å²) in [5.41, 5.74) is 0.369. The van der Waals surface area contributed by atoms with Crippen LogP contribution in [0.1, 0.15) is 32.6 Å². The maximum absolute atomic E-state index is 12.0. The summed E-state index contributed by atoms with van der Waals surface area (Å²) in [4.78, 5) is 12.0. The summed E-state index contributed by atoms with van der Waals surface area (Å²) < 4.78 is 22.8. The molecule has 0 N–H and O–H groups in total. The van der Waals surface area contributed by atoms with Gasteiger partial charge in [0.25, 0.3) is 0 Å². The first-order valence-electron chi connectivity index (χ1n) is 8.13. The zero-order valence-corrected chi connectivity index (χ0v) is 14.6. The third-order valence-corrected chi connectivity index (χ3v) is 3.62. The Morgan fingerprint density at radius 1 is 1.33 bits per heavy atom. The number of esters is 1. The Balaban J connectivity index is 2.02. The van der Waals surface area contributed by atoms with E-state index in [4.69, 9.17) is 18.9 Å². The molecule has 1 aromatic rings. The van der Waals surface area contributed by atoms with E-state index in [-0.39, 0.29) is 18.7 Å². The van der Waals surface area contributed by atoms with Crippen LogP contribution in [0.4, 0.5) is 0 Å². The van der Waals surface area contributed by atoms with Gasteiger partial charge in [-0.3, -0.25) is 4.79 Å². The van der Waals surface area contributed by atoms with E-state index in [0.29, 0.717) is 13.2 Å². The minimum atomic E-state index is -0.554. The molecule has 5 nitrogen and oxygen atoms in total. The molecule has 132 valence electrons. The fraction of sp³-hybridized carbons (Fsp3) is 0.526. The van der Waals surface area contributed by atoms with E-state index in [9.17, 15) is 4.79 Å². The minimum absolute atomic E-state index is 0.130. The zero-order valence-electron chi connectivity index (χ0n) is 14.6. The van der Waals surface area contributed by atoms with Gasteiger partial charge in [-0.25, -0.2) is 0 Å². The van der Waals surface area contributed by atoms with E-state index in [1.165, 1.54) is 0 Å². The van der Waals surface area contributed by atoms with Crippen molar-refractivity contribution in [2.45, 2.75) is 39.3 Å². The van der Waals surface area contributed by atoms with Crippen LogP contribution >= 0.6 is 0 Å². The topological polar surface area (TPSA) is 54.0 Å². The van der Waals surface area contributed by atoms with Crippen LogP contribution in [0.15, 0.2) is 43.0 Å². The molecule has 1 saturated heterocycles. The summed E-state index contributed by atoms with van der Waals surface area (Å²) in [5.74, 6) is -0.267. The summed E-state index contributed by atoms with van der Waals surface area (Å²) in [6.45, 7) is 9.98. The zero-order chi connectivity index (χ0) is 17.6. The molecule has 1 aliphatic rings. The molecule has 0 aromatic heterocycles. The van der Waals surface area contributed by atoms with Gasteiger partial charge in [0, 0.05) is 5.56 Å². The highest BCUT2D eigenvalue weighted by Crippen LogP contribution is 2.28. The van der Waals surface area contributed by atoms with E-state index in [1.54, 1.807) is 6.08 Å². The van der Waals surface area contributed by atoms with E-state index in [2.05, 4.69) is 6.58 Å². The van der Waals surface area contributed by atoms with E-state index in [0.717, 1.165) is 5.56 Å². The second kappa shape index (κ2) is 8.42. The number of carbonyl (C=O) groups is 1. The molecule has 0 bridgehead atoms. The van der Waals surface area contributed by atoms with Gasteiger partial charge in [0.05, 0.1) is 18.6 Å². The molecular weight excluding hydrogens is 308 g/mol. The molecule has 1 unspecified atom stereocenters. The van der Waals surface area contributed by atoms with Gasteiger partial charge in [-0.15, -0.1) is 6.58 Å². The molecule has 5 heteroatoms. The smallest absolute Gasteiger partial charge is 0.311 e. The van der Waals surface area contributed by atoms with Crippen molar-refractivity contribution in [1.29, 1.82) is 0 Å². The minimum Gasteiger partial charge on any atom is -0.462 e. The van der Waals surface area contributed by atoms with Gasteiger partial charge in [-0.2, -0.15) is 0 Å². The first-order chi connectivity index (χ1) is 11.4. The molecule has 0 amide bonds. The maximum Gasteiger partial charge on any atom is 0.311 e. The Bertz CT molecular complexity index is 534. The molecule has 1 heterocycles. The number of ether oxygens (including phenoxy) is 4. The molecule has 0 saturated carbocycles. The molecule has 3 atom stereocenters. The van der Waals surface area contributed by atoms with Crippen LogP contribution in [0.5, 0.6) is 0 Å². The van der Waals surface area contributed by atoms with Crippen LogP contribution < -0.4 is 0 Å². The molecule has 1 fully saturated rings. The summed E-state index contributed by atoms with van der Waals surface area (Å²) in [6.07, 6.45) is 0.473. The summed E-state index contributed by atoms with van der Waals surface area (Å²) in [7, 11) is 0. The number of carbonyl (C=O) groups excluding carboxylic acids is 1. The lowest BCUT2D eigenvalue weighted by atomic mass is 9.97. The van der Waals surface area contributed by atoms with Crippen LogP contribution in [0.2, 0.25) is 0 Å². The Hall–Kier alpha value is -1.69. The highest BCUT2D eigenvalue weighted by Gasteiger charge is 2.35. The largest absolute Gasteiger partial charge is 0.462 e. The summed E-state index contributed by atoms with van der Waals surface area (Å²) in [6, 6.07) is 9.67. The fourth-order valence-corrected chi connectivity index (χ4v) is 2.23. The average molecular weight is 334 g/mol. The predicted molar refractivity (Wildman–Crippen MR) is 90.4 cm³/mol. The van der Waals surface area contributed by atoms with Crippen LogP contribution in [-0.2, 0) is 23.7 Å². The first kappa shape index (κ1) is 18.6. The van der Waals surface area contributed by atoms with Crippen molar-refractivity contribution in [3.05, 3.63) is 48.6 Å². The van der Waals surface area contributed by atoms with Crippen molar-refractivity contribution in [1.82, 2.24) is 0 Å².